The third-order valence-corrected chi connectivity index (χ3v) is 10.3. The van der Waals surface area contributed by atoms with Gasteiger partial charge in [-0.15, -0.1) is 0 Å². The number of hydrogen-bond acceptors (Lipinski definition) is 5. The second-order valence-corrected chi connectivity index (χ2v) is 12.6. The lowest BCUT2D eigenvalue weighted by Gasteiger charge is -2.40. The van der Waals surface area contributed by atoms with Gasteiger partial charge in [-0.3, -0.25) is 0 Å². The van der Waals surface area contributed by atoms with Crippen molar-refractivity contribution < 1.29 is 9.42 Å². The fraction of sp³-hybridized carbons (Fsp3) is 0.571. The Labute approximate surface area is 134 Å². The Morgan fingerprint density at radius 2 is 1.90 bits per heavy atom. The van der Waals surface area contributed by atoms with Gasteiger partial charge in [-0.05, 0) is 31.6 Å². The highest BCUT2D eigenvalue weighted by Crippen LogP contribution is 2.62. The van der Waals surface area contributed by atoms with E-state index in [-0.39, 0.29) is 21.8 Å². The summed E-state index contributed by atoms with van der Waals surface area (Å²) in [6.07, 6.45) is -0.134. The topological polar surface area (TPSA) is 32.3 Å². The summed E-state index contributed by atoms with van der Waals surface area (Å²) in [5.41, 5.74) is 1.08. The van der Waals surface area contributed by atoms with Crippen LogP contribution in [0.1, 0.15) is 38.5 Å². The van der Waals surface area contributed by atoms with Crippen LogP contribution in [0.4, 0.5) is 0 Å². The van der Waals surface area contributed by atoms with Gasteiger partial charge in [0, 0.05) is 4.75 Å². The second kappa shape index (κ2) is 6.31. The fourth-order valence-corrected chi connectivity index (χ4v) is 6.81. The average Bonchev–Trinajstić information content (AvgIpc) is 2.66. The lowest BCUT2D eigenvalue weighted by Crippen LogP contribution is -2.35. The Morgan fingerprint density at radius 3 is 2.45 bits per heavy atom. The Balaban J connectivity index is 2.28. The molecule has 1 aliphatic rings. The highest BCUT2D eigenvalue weighted by Gasteiger charge is 2.46. The quantitative estimate of drug-likeness (QED) is 0.597. The molecule has 0 aliphatic carbocycles. The van der Waals surface area contributed by atoms with Crippen LogP contribution in [0, 0.1) is 0 Å². The van der Waals surface area contributed by atoms with Crippen LogP contribution in [-0.4, -0.2) is 16.5 Å². The summed E-state index contributed by atoms with van der Waals surface area (Å²) >= 11 is 5.22. The fourth-order valence-electron chi connectivity index (χ4n) is 1.97. The molecule has 1 aromatic rings. The average molecular weight is 347 g/mol. The van der Waals surface area contributed by atoms with E-state index in [1.807, 2.05) is 32.0 Å². The van der Waals surface area contributed by atoms with Gasteiger partial charge in [0.05, 0.1) is 11.4 Å². The predicted octanol–water partition coefficient (Wildman–Crippen LogP) is 4.36. The van der Waals surface area contributed by atoms with Crippen molar-refractivity contribution in [1.29, 1.82) is 0 Å². The monoisotopic (exact) mass is 347 g/mol. The Hall–Kier alpha value is 0.490. The Morgan fingerprint density at radius 1 is 1.30 bits per heavy atom. The maximum Gasteiger partial charge on any atom is 0.0928 e. The van der Waals surface area contributed by atoms with E-state index in [4.69, 9.17) is 16.3 Å². The molecule has 0 spiro atoms. The van der Waals surface area contributed by atoms with Crippen LogP contribution >= 0.6 is 28.1 Å². The van der Waals surface area contributed by atoms with Crippen molar-refractivity contribution in [1.82, 2.24) is 0 Å². The van der Waals surface area contributed by atoms with E-state index in [1.54, 1.807) is 21.6 Å². The van der Waals surface area contributed by atoms with E-state index < -0.39 is 6.49 Å². The van der Waals surface area contributed by atoms with Crippen LogP contribution < -0.4 is 4.89 Å². The Kier molecular flexibility index (Phi) is 5.32. The zero-order valence-electron chi connectivity index (χ0n) is 12.1. The normalized spacial score (nSPS) is 28.5. The van der Waals surface area contributed by atoms with Crippen molar-refractivity contribution >= 4 is 39.9 Å². The minimum Gasteiger partial charge on any atom is -0.800 e. The van der Waals surface area contributed by atoms with Gasteiger partial charge in [-0.1, -0.05) is 77.6 Å². The van der Waals surface area contributed by atoms with Crippen LogP contribution in [-0.2, 0) is 16.3 Å². The van der Waals surface area contributed by atoms with Crippen molar-refractivity contribution in [3.63, 3.8) is 0 Å². The summed E-state index contributed by atoms with van der Waals surface area (Å²) in [4.78, 5) is 12.5. The van der Waals surface area contributed by atoms with Gasteiger partial charge in [-0.25, -0.2) is 0 Å². The largest absolute Gasteiger partial charge is 0.800 e. The molecule has 2 rings (SSSR count). The van der Waals surface area contributed by atoms with Crippen molar-refractivity contribution in [2.75, 3.05) is 0 Å². The van der Waals surface area contributed by atoms with Crippen LogP contribution in [0.3, 0.4) is 0 Å². The molecule has 1 unspecified atom stereocenters. The summed E-state index contributed by atoms with van der Waals surface area (Å²) in [6.45, 7) is 5.01. The summed E-state index contributed by atoms with van der Waals surface area (Å²) in [7, 11) is 3.57. The van der Waals surface area contributed by atoms with Crippen molar-refractivity contribution in [3.8, 4) is 0 Å². The maximum absolute atomic E-state index is 12.5. The van der Waals surface area contributed by atoms with Gasteiger partial charge in [0.1, 0.15) is 0 Å². The highest BCUT2D eigenvalue weighted by atomic mass is 33.1. The van der Waals surface area contributed by atoms with Gasteiger partial charge < -0.3 is 9.42 Å². The third kappa shape index (κ3) is 3.63. The predicted molar refractivity (Wildman–Crippen MR) is 92.7 cm³/mol. The molecule has 3 atom stereocenters. The lowest BCUT2D eigenvalue weighted by molar-refractivity contribution is -0.188. The minimum absolute atomic E-state index is 0.103. The molecule has 1 aromatic carbocycles. The van der Waals surface area contributed by atoms with Crippen molar-refractivity contribution in [2.24, 2.45) is 0 Å². The maximum atomic E-state index is 12.5. The van der Waals surface area contributed by atoms with Crippen LogP contribution in [0.2, 0.25) is 0 Å². The first-order valence-corrected chi connectivity index (χ1v) is 11.5. The van der Waals surface area contributed by atoms with E-state index in [9.17, 15) is 4.89 Å². The molecule has 1 fully saturated rings. The smallest absolute Gasteiger partial charge is 0.0928 e. The van der Waals surface area contributed by atoms with Gasteiger partial charge in [0.25, 0.3) is 0 Å². The summed E-state index contributed by atoms with van der Waals surface area (Å²) < 4.78 is 5.87. The molecular weight excluding hydrogens is 327 g/mol. The molecule has 0 bridgehead atoms. The zero-order valence-corrected chi connectivity index (χ0v) is 15.5. The molecule has 112 valence electrons. The molecule has 1 heterocycles. The highest BCUT2D eigenvalue weighted by molar-refractivity contribution is 8.77. The summed E-state index contributed by atoms with van der Waals surface area (Å²) in [5.74, 6) is 0. The second-order valence-electron chi connectivity index (χ2n) is 5.77. The van der Waals surface area contributed by atoms with E-state index >= 15 is 0 Å². The first kappa shape index (κ1) is 16.9. The molecule has 0 aromatic heterocycles. The number of hydrogen-bond donors (Lipinski definition) is 0. The third-order valence-electron chi connectivity index (χ3n) is 3.35. The molecule has 2 nitrogen and oxygen atoms in total. The molecule has 0 amide bonds. The standard InChI is InChI=1S/C14H21O2PS3/c1-10(2)17(15,18)16-13-12(19-20-14(13,3)4)11-8-6-5-7-9-11/h5-10,12-13H,1-4H3,(H,15,18)/p-1/t12-,13-,17?/m0/s1. The SMILES string of the molecule is CC(C)P([O-])(=S)O[C@H]1[C@H](c2ccccc2)SSC1(C)C. The molecule has 0 N–H and O–H groups in total. The molecule has 1 aliphatic heterocycles. The van der Waals surface area contributed by atoms with Crippen molar-refractivity contribution in [2.45, 2.75) is 49.5 Å². The molecule has 6 heteroatoms. The van der Waals surface area contributed by atoms with Crippen LogP contribution in [0.15, 0.2) is 30.3 Å². The zero-order chi connectivity index (χ0) is 15.0. The molecule has 0 saturated carbocycles. The van der Waals surface area contributed by atoms with Gasteiger partial charge in [-0.2, -0.15) is 0 Å². The van der Waals surface area contributed by atoms with E-state index in [0.717, 1.165) is 0 Å². The van der Waals surface area contributed by atoms with E-state index in [1.165, 1.54) is 5.56 Å². The number of rotatable bonds is 4. The summed E-state index contributed by atoms with van der Waals surface area (Å²) in [6, 6.07) is 10.3. The van der Waals surface area contributed by atoms with Crippen LogP contribution in [0.5, 0.6) is 0 Å². The molecule has 0 radical (unpaired) electrons. The number of benzene rings is 1. The van der Waals surface area contributed by atoms with Crippen LogP contribution in [0.25, 0.3) is 0 Å². The lowest BCUT2D eigenvalue weighted by atomic mass is 9.98. The van der Waals surface area contributed by atoms with Crippen molar-refractivity contribution in [3.05, 3.63) is 35.9 Å². The van der Waals surface area contributed by atoms with Gasteiger partial charge in [0.2, 0.25) is 0 Å². The molecular formula is C14H20O2PS3-. The van der Waals surface area contributed by atoms with Gasteiger partial charge in [0.15, 0.2) is 0 Å². The van der Waals surface area contributed by atoms with E-state index in [2.05, 4.69) is 26.0 Å². The summed E-state index contributed by atoms with van der Waals surface area (Å²) in [5, 5.41) is 0.172. The minimum atomic E-state index is -2.99. The molecule has 1 saturated heterocycles. The molecule has 20 heavy (non-hydrogen) atoms. The first-order chi connectivity index (χ1) is 9.24. The Bertz CT molecular complexity index is 504. The van der Waals surface area contributed by atoms with E-state index in [0.29, 0.717) is 0 Å². The first-order valence-electron chi connectivity index (χ1n) is 6.62. The van der Waals surface area contributed by atoms with Gasteiger partial charge >= 0.3 is 0 Å².